The first-order valence-electron chi connectivity index (χ1n) is 5.06. The minimum atomic E-state index is -1.16. The number of rotatable bonds is 5. The lowest BCUT2D eigenvalue weighted by Gasteiger charge is -2.21. The van der Waals surface area contributed by atoms with Crippen LogP contribution in [0.5, 0.6) is 0 Å². The molecule has 0 fully saturated rings. The first-order chi connectivity index (χ1) is 7.50. The summed E-state index contributed by atoms with van der Waals surface area (Å²) in [6.45, 7) is 3.35. The van der Waals surface area contributed by atoms with E-state index in [0.29, 0.717) is 5.82 Å². The van der Waals surface area contributed by atoms with Crippen molar-refractivity contribution in [1.82, 2.24) is 9.97 Å². The first-order valence-corrected chi connectivity index (χ1v) is 5.06. The van der Waals surface area contributed by atoms with Crippen LogP contribution in [0.3, 0.4) is 0 Å². The molecule has 0 saturated heterocycles. The number of aliphatic hydroxyl groups excluding tert-OH is 1. The monoisotopic (exact) mass is 226 g/mol. The van der Waals surface area contributed by atoms with Crippen LogP contribution in [0, 0.1) is 6.92 Å². The van der Waals surface area contributed by atoms with Crippen LogP contribution in [0.25, 0.3) is 0 Å². The fraction of sp³-hybridized carbons (Fsp3) is 0.600. The fourth-order valence-electron chi connectivity index (χ4n) is 1.21. The zero-order valence-corrected chi connectivity index (χ0v) is 9.78. The molecule has 1 heterocycles. The normalized spacial score (nSPS) is 14.3. The molecular formula is C10H18N4O2. The van der Waals surface area contributed by atoms with Crippen LogP contribution in [-0.4, -0.2) is 46.0 Å². The third kappa shape index (κ3) is 3.04. The van der Waals surface area contributed by atoms with Crippen molar-refractivity contribution in [3.05, 3.63) is 11.9 Å². The zero-order chi connectivity index (χ0) is 12.2. The van der Waals surface area contributed by atoms with E-state index in [2.05, 4.69) is 20.6 Å². The molecule has 1 rings (SSSR count). The molecule has 1 aromatic heterocycles. The number of hydrogen-bond acceptors (Lipinski definition) is 6. The molecule has 6 heteroatoms. The van der Waals surface area contributed by atoms with Crippen molar-refractivity contribution >= 4 is 11.6 Å². The smallest absolute Gasteiger partial charge is 0.134 e. The van der Waals surface area contributed by atoms with E-state index in [9.17, 15) is 5.11 Å². The molecule has 0 spiro atoms. The molecule has 90 valence electrons. The van der Waals surface area contributed by atoms with E-state index >= 15 is 0 Å². The molecule has 0 saturated carbocycles. The molecule has 4 N–H and O–H groups in total. The Morgan fingerprint density at radius 3 is 2.56 bits per heavy atom. The fourth-order valence-corrected chi connectivity index (χ4v) is 1.21. The van der Waals surface area contributed by atoms with E-state index in [1.54, 1.807) is 14.0 Å². The Hall–Kier alpha value is -1.40. The van der Waals surface area contributed by atoms with Gasteiger partial charge in [-0.05, 0) is 13.8 Å². The van der Waals surface area contributed by atoms with Crippen LogP contribution in [0.1, 0.15) is 12.5 Å². The molecule has 0 aromatic carbocycles. The summed E-state index contributed by atoms with van der Waals surface area (Å²) in [6, 6.07) is 0. The van der Waals surface area contributed by atoms with Crippen LogP contribution in [0.2, 0.25) is 0 Å². The van der Waals surface area contributed by atoms with Crippen molar-refractivity contribution in [1.29, 1.82) is 0 Å². The summed E-state index contributed by atoms with van der Waals surface area (Å²) in [5.41, 5.74) is -0.282. The highest BCUT2D eigenvalue weighted by atomic mass is 16.3. The zero-order valence-electron chi connectivity index (χ0n) is 9.78. The van der Waals surface area contributed by atoms with Gasteiger partial charge in [-0.25, -0.2) is 9.97 Å². The Morgan fingerprint density at radius 1 is 1.38 bits per heavy atom. The molecule has 1 atom stereocenters. The lowest BCUT2D eigenvalue weighted by molar-refractivity contribution is 0.0131. The van der Waals surface area contributed by atoms with Crippen LogP contribution in [-0.2, 0) is 0 Å². The van der Waals surface area contributed by atoms with Gasteiger partial charge in [0, 0.05) is 19.2 Å². The predicted molar refractivity (Wildman–Crippen MR) is 62.5 cm³/mol. The summed E-state index contributed by atoms with van der Waals surface area (Å²) in [6.07, 6.45) is 1.44. The van der Waals surface area contributed by atoms with Gasteiger partial charge in [0.05, 0.1) is 6.61 Å². The Morgan fingerprint density at radius 2 is 2.00 bits per heavy atom. The standard InChI is InChI=1S/C10H18N4O2/c1-7-8(11-3)13-6-14-9(7)12-4-10(2,16)5-15/h6,15-16H,4-5H2,1-3H3,(H2,11,12,13,14). The van der Waals surface area contributed by atoms with E-state index < -0.39 is 5.60 Å². The van der Waals surface area contributed by atoms with Crippen LogP contribution >= 0.6 is 0 Å². The Kier molecular flexibility index (Phi) is 4.03. The van der Waals surface area contributed by atoms with Crippen molar-refractivity contribution in [2.24, 2.45) is 0 Å². The highest BCUT2D eigenvalue weighted by molar-refractivity contribution is 5.56. The number of aliphatic hydroxyl groups is 2. The van der Waals surface area contributed by atoms with Crippen molar-refractivity contribution in [2.45, 2.75) is 19.4 Å². The van der Waals surface area contributed by atoms with Crippen molar-refractivity contribution < 1.29 is 10.2 Å². The molecule has 0 aliphatic carbocycles. The number of aromatic nitrogens is 2. The predicted octanol–water partition coefficient (Wildman–Crippen LogP) is -0.0181. The minimum absolute atomic E-state index is 0.227. The van der Waals surface area contributed by atoms with Gasteiger partial charge >= 0.3 is 0 Å². The highest BCUT2D eigenvalue weighted by Crippen LogP contribution is 2.18. The average molecular weight is 226 g/mol. The maximum atomic E-state index is 9.63. The summed E-state index contributed by atoms with van der Waals surface area (Å²) in [5.74, 6) is 1.38. The van der Waals surface area contributed by atoms with Gasteiger partial charge in [0.25, 0.3) is 0 Å². The molecule has 0 radical (unpaired) electrons. The van der Waals surface area contributed by atoms with E-state index in [4.69, 9.17) is 5.11 Å². The molecule has 16 heavy (non-hydrogen) atoms. The second kappa shape index (κ2) is 5.09. The molecule has 0 amide bonds. The summed E-state index contributed by atoms with van der Waals surface area (Å²) in [4.78, 5) is 8.12. The summed E-state index contributed by atoms with van der Waals surface area (Å²) in [7, 11) is 1.78. The topological polar surface area (TPSA) is 90.3 Å². The van der Waals surface area contributed by atoms with Crippen LogP contribution < -0.4 is 10.6 Å². The lowest BCUT2D eigenvalue weighted by Crippen LogP contribution is -2.37. The number of hydrogen-bond donors (Lipinski definition) is 4. The van der Waals surface area contributed by atoms with E-state index in [1.165, 1.54) is 6.33 Å². The third-order valence-electron chi connectivity index (χ3n) is 2.30. The van der Waals surface area contributed by atoms with Gasteiger partial charge in [-0.3, -0.25) is 0 Å². The van der Waals surface area contributed by atoms with Gasteiger partial charge in [-0.15, -0.1) is 0 Å². The van der Waals surface area contributed by atoms with Gasteiger partial charge in [-0.1, -0.05) is 0 Å². The van der Waals surface area contributed by atoms with Gasteiger partial charge in [0.15, 0.2) is 0 Å². The van der Waals surface area contributed by atoms with Crippen molar-refractivity contribution in [2.75, 3.05) is 30.8 Å². The summed E-state index contributed by atoms with van der Waals surface area (Å²) in [5, 5.41) is 24.5. The average Bonchev–Trinajstić information content (AvgIpc) is 2.28. The van der Waals surface area contributed by atoms with E-state index in [0.717, 1.165) is 11.4 Å². The van der Waals surface area contributed by atoms with Crippen LogP contribution in [0.15, 0.2) is 6.33 Å². The Labute approximate surface area is 94.7 Å². The van der Waals surface area contributed by atoms with Gasteiger partial charge in [0.2, 0.25) is 0 Å². The number of anilines is 2. The minimum Gasteiger partial charge on any atom is -0.393 e. The maximum absolute atomic E-state index is 9.63. The number of nitrogens with zero attached hydrogens (tertiary/aromatic N) is 2. The highest BCUT2D eigenvalue weighted by Gasteiger charge is 2.19. The molecule has 0 bridgehead atoms. The molecule has 1 aromatic rings. The van der Waals surface area contributed by atoms with Crippen LogP contribution in [0.4, 0.5) is 11.6 Å². The quantitative estimate of drug-likeness (QED) is 0.564. The number of nitrogens with one attached hydrogen (secondary N) is 2. The molecular weight excluding hydrogens is 208 g/mol. The Bertz CT molecular complexity index is 355. The SMILES string of the molecule is CNc1ncnc(NCC(C)(O)CO)c1C. The molecule has 0 aliphatic rings. The molecule has 6 nitrogen and oxygen atoms in total. The lowest BCUT2D eigenvalue weighted by atomic mass is 10.1. The van der Waals surface area contributed by atoms with E-state index in [1.807, 2.05) is 6.92 Å². The molecule has 0 aliphatic heterocycles. The second-order valence-corrected chi connectivity index (χ2v) is 3.95. The second-order valence-electron chi connectivity index (χ2n) is 3.95. The summed E-state index contributed by atoms with van der Waals surface area (Å²) >= 11 is 0. The Balaban J connectivity index is 2.75. The maximum Gasteiger partial charge on any atom is 0.134 e. The van der Waals surface area contributed by atoms with E-state index in [-0.39, 0.29) is 13.2 Å². The van der Waals surface area contributed by atoms with Gasteiger partial charge in [-0.2, -0.15) is 0 Å². The van der Waals surface area contributed by atoms with Crippen molar-refractivity contribution in [3.8, 4) is 0 Å². The van der Waals surface area contributed by atoms with Gasteiger partial charge < -0.3 is 20.8 Å². The van der Waals surface area contributed by atoms with Crippen molar-refractivity contribution in [3.63, 3.8) is 0 Å². The molecule has 1 unspecified atom stereocenters. The van der Waals surface area contributed by atoms with Gasteiger partial charge in [0.1, 0.15) is 23.6 Å². The largest absolute Gasteiger partial charge is 0.393 e. The third-order valence-corrected chi connectivity index (χ3v) is 2.30. The first kappa shape index (κ1) is 12.7. The summed E-state index contributed by atoms with van der Waals surface area (Å²) < 4.78 is 0.